The van der Waals surface area contributed by atoms with Crippen LogP contribution in [0.25, 0.3) is 0 Å². The summed E-state index contributed by atoms with van der Waals surface area (Å²) in [5, 5.41) is 11.6. The van der Waals surface area contributed by atoms with E-state index in [2.05, 4.69) is 15.9 Å². The second kappa shape index (κ2) is 5.29. The smallest absolute Gasteiger partial charge is 0.113 e. The molecule has 2 rings (SSSR count). The van der Waals surface area contributed by atoms with E-state index in [1.165, 1.54) is 11.3 Å². The van der Waals surface area contributed by atoms with Crippen molar-refractivity contribution in [3.8, 4) is 0 Å². The van der Waals surface area contributed by atoms with Gasteiger partial charge in [-0.2, -0.15) is 0 Å². The molecule has 5 heteroatoms. The van der Waals surface area contributed by atoms with E-state index < -0.39 is 6.10 Å². The molecule has 0 radical (unpaired) electrons. The average Bonchev–Trinajstić information content (AvgIpc) is 2.62. The maximum absolute atomic E-state index is 10.2. The molecule has 1 aromatic carbocycles. The molecule has 1 heterocycles. The fourth-order valence-corrected chi connectivity index (χ4v) is 3.38. The monoisotopic (exact) mass is 350 g/mol. The van der Waals surface area contributed by atoms with E-state index in [0.717, 1.165) is 19.8 Å². The fourth-order valence-electron chi connectivity index (χ4n) is 1.50. The van der Waals surface area contributed by atoms with Crippen molar-refractivity contribution in [3.05, 3.63) is 54.1 Å². The molecule has 0 saturated carbocycles. The van der Waals surface area contributed by atoms with Crippen LogP contribution in [0.3, 0.4) is 0 Å². The molecule has 0 aliphatic heterocycles. The molecule has 17 heavy (non-hydrogen) atoms. The van der Waals surface area contributed by atoms with Gasteiger partial charge < -0.3 is 5.11 Å². The molecule has 0 bridgehead atoms. The van der Waals surface area contributed by atoms with Crippen molar-refractivity contribution in [1.29, 1.82) is 0 Å². The zero-order valence-corrected chi connectivity index (χ0v) is 12.8. The SMILES string of the molecule is Cc1cc(C(O)c2cc(Cl)c(Br)s2)ccc1Cl. The second-order valence-electron chi connectivity index (χ2n) is 3.68. The van der Waals surface area contributed by atoms with Crippen molar-refractivity contribution in [2.24, 2.45) is 0 Å². The van der Waals surface area contributed by atoms with Crippen LogP contribution in [0.1, 0.15) is 22.1 Å². The normalized spacial score (nSPS) is 12.8. The number of rotatable bonds is 2. The van der Waals surface area contributed by atoms with Crippen LogP contribution in [0.4, 0.5) is 0 Å². The molecule has 2 aromatic rings. The molecular formula is C12H9BrCl2OS. The zero-order valence-electron chi connectivity index (χ0n) is 8.88. The number of hydrogen-bond donors (Lipinski definition) is 1. The summed E-state index contributed by atoms with van der Waals surface area (Å²) in [6, 6.07) is 7.26. The summed E-state index contributed by atoms with van der Waals surface area (Å²) in [7, 11) is 0. The Morgan fingerprint density at radius 1 is 1.24 bits per heavy atom. The lowest BCUT2D eigenvalue weighted by Crippen LogP contribution is -1.97. The van der Waals surface area contributed by atoms with E-state index >= 15 is 0 Å². The van der Waals surface area contributed by atoms with E-state index in [1.54, 1.807) is 12.1 Å². The molecule has 1 nitrogen and oxygen atoms in total. The number of thiophene rings is 1. The van der Waals surface area contributed by atoms with E-state index in [4.69, 9.17) is 23.2 Å². The number of benzene rings is 1. The minimum absolute atomic E-state index is 0.620. The molecule has 1 unspecified atom stereocenters. The minimum Gasteiger partial charge on any atom is -0.383 e. The summed E-state index contributed by atoms with van der Waals surface area (Å²) in [5.74, 6) is 0. The van der Waals surface area contributed by atoms with Crippen LogP contribution in [-0.2, 0) is 0 Å². The van der Waals surface area contributed by atoms with Gasteiger partial charge in [-0.3, -0.25) is 0 Å². The number of aryl methyl sites for hydroxylation is 1. The summed E-state index contributed by atoms with van der Waals surface area (Å²) in [5.41, 5.74) is 1.77. The van der Waals surface area contributed by atoms with E-state index in [9.17, 15) is 5.11 Å². The van der Waals surface area contributed by atoms with Crippen LogP contribution in [0, 0.1) is 6.92 Å². The van der Waals surface area contributed by atoms with E-state index in [0.29, 0.717) is 10.0 Å². The first-order valence-corrected chi connectivity index (χ1v) is 7.24. The third kappa shape index (κ3) is 2.85. The lowest BCUT2D eigenvalue weighted by molar-refractivity contribution is 0.224. The van der Waals surface area contributed by atoms with Crippen LogP contribution in [-0.4, -0.2) is 5.11 Å². The van der Waals surface area contributed by atoms with E-state index in [-0.39, 0.29) is 0 Å². The van der Waals surface area contributed by atoms with Gasteiger partial charge in [0, 0.05) is 9.90 Å². The second-order valence-corrected chi connectivity index (χ2v) is 6.90. The van der Waals surface area contributed by atoms with Gasteiger partial charge in [-0.25, -0.2) is 0 Å². The Balaban J connectivity index is 2.36. The third-order valence-electron chi connectivity index (χ3n) is 2.43. The maximum Gasteiger partial charge on any atom is 0.113 e. The predicted octanol–water partition coefficient (Wildman–Crippen LogP) is 5.21. The molecule has 0 saturated heterocycles. The van der Waals surface area contributed by atoms with Gasteiger partial charge in [0.05, 0.1) is 8.81 Å². The molecule has 0 aliphatic carbocycles. The van der Waals surface area contributed by atoms with Crippen molar-refractivity contribution in [3.63, 3.8) is 0 Å². The largest absolute Gasteiger partial charge is 0.383 e. The number of hydrogen-bond acceptors (Lipinski definition) is 2. The van der Waals surface area contributed by atoms with Crippen molar-refractivity contribution in [2.45, 2.75) is 13.0 Å². The molecule has 90 valence electrons. The molecule has 0 spiro atoms. The van der Waals surface area contributed by atoms with Crippen LogP contribution in [0.15, 0.2) is 28.1 Å². The van der Waals surface area contributed by atoms with Gasteiger partial charge in [0.1, 0.15) is 6.10 Å². The lowest BCUT2D eigenvalue weighted by atomic mass is 10.1. The van der Waals surface area contributed by atoms with Gasteiger partial charge in [0.2, 0.25) is 0 Å². The fraction of sp³-hybridized carbons (Fsp3) is 0.167. The van der Waals surface area contributed by atoms with Crippen LogP contribution in [0.5, 0.6) is 0 Å². The molecule has 0 amide bonds. The highest BCUT2D eigenvalue weighted by Crippen LogP contribution is 2.37. The van der Waals surface area contributed by atoms with Crippen molar-refractivity contribution < 1.29 is 5.11 Å². The van der Waals surface area contributed by atoms with Gasteiger partial charge in [-0.15, -0.1) is 11.3 Å². The van der Waals surface area contributed by atoms with Gasteiger partial charge in [0.15, 0.2) is 0 Å². The minimum atomic E-state index is -0.667. The maximum atomic E-state index is 10.2. The Hall–Kier alpha value is -0.0600. The highest BCUT2D eigenvalue weighted by molar-refractivity contribution is 9.11. The van der Waals surface area contributed by atoms with E-state index in [1.807, 2.05) is 19.1 Å². The zero-order chi connectivity index (χ0) is 12.6. The lowest BCUT2D eigenvalue weighted by Gasteiger charge is -2.10. The Labute approximate surface area is 122 Å². The van der Waals surface area contributed by atoms with Gasteiger partial charge in [0.25, 0.3) is 0 Å². The van der Waals surface area contributed by atoms with Crippen LogP contribution >= 0.6 is 50.5 Å². The predicted molar refractivity (Wildman–Crippen MR) is 77.3 cm³/mol. The Bertz CT molecular complexity index is 534. The molecule has 1 N–H and O–H groups in total. The average molecular weight is 352 g/mol. The summed E-state index contributed by atoms with van der Waals surface area (Å²) in [6.45, 7) is 1.91. The Kier molecular flexibility index (Phi) is 4.16. The Morgan fingerprint density at radius 3 is 2.47 bits per heavy atom. The highest BCUT2D eigenvalue weighted by atomic mass is 79.9. The topological polar surface area (TPSA) is 20.2 Å². The molecule has 0 aliphatic rings. The number of aliphatic hydroxyl groups is 1. The van der Waals surface area contributed by atoms with Gasteiger partial charge >= 0.3 is 0 Å². The van der Waals surface area contributed by atoms with Crippen molar-refractivity contribution >= 4 is 50.5 Å². The summed E-state index contributed by atoms with van der Waals surface area (Å²) in [4.78, 5) is 0.809. The van der Waals surface area contributed by atoms with Crippen molar-refractivity contribution in [1.82, 2.24) is 0 Å². The molecule has 1 aromatic heterocycles. The first kappa shape index (κ1) is 13.4. The van der Waals surface area contributed by atoms with Gasteiger partial charge in [-0.1, -0.05) is 35.3 Å². The van der Waals surface area contributed by atoms with Gasteiger partial charge in [-0.05, 0) is 46.1 Å². The third-order valence-corrected chi connectivity index (χ3v) is 5.38. The molecule has 0 fully saturated rings. The first-order valence-electron chi connectivity index (χ1n) is 4.88. The summed E-state index contributed by atoms with van der Waals surface area (Å²) >= 11 is 16.7. The summed E-state index contributed by atoms with van der Waals surface area (Å²) in [6.07, 6.45) is -0.667. The summed E-state index contributed by atoms with van der Waals surface area (Å²) < 4.78 is 0.832. The molecule has 1 atom stereocenters. The van der Waals surface area contributed by atoms with Crippen LogP contribution < -0.4 is 0 Å². The van der Waals surface area contributed by atoms with Crippen LogP contribution in [0.2, 0.25) is 10.0 Å². The Morgan fingerprint density at radius 2 is 1.94 bits per heavy atom. The number of aliphatic hydroxyl groups excluding tert-OH is 1. The molecular weight excluding hydrogens is 343 g/mol. The quantitative estimate of drug-likeness (QED) is 0.787. The standard InChI is InChI=1S/C12H9BrCl2OS/c1-6-4-7(2-3-8(6)14)11(16)10-5-9(15)12(13)17-10/h2-5,11,16H,1H3. The first-order chi connectivity index (χ1) is 7.99. The number of halogens is 3. The van der Waals surface area contributed by atoms with Crippen molar-refractivity contribution in [2.75, 3.05) is 0 Å². The highest BCUT2D eigenvalue weighted by Gasteiger charge is 2.15.